The van der Waals surface area contributed by atoms with E-state index >= 15 is 0 Å². The lowest BCUT2D eigenvalue weighted by Gasteiger charge is -2.33. The molecule has 0 heterocycles. The van der Waals surface area contributed by atoms with Crippen LogP contribution >= 0.6 is 34.2 Å². The SMILES string of the molecule is CC[C@H](C(=O)NCC(C)C)N(Cc1ccc(Cl)cc1)C(=O)CN(c1ccc(I)cc1)S(C)(=O)=O. The summed E-state index contributed by atoms with van der Waals surface area (Å²) in [5.41, 5.74) is 1.17. The summed E-state index contributed by atoms with van der Waals surface area (Å²) in [6.07, 6.45) is 1.44. The molecule has 0 spiro atoms. The number of carbonyl (C=O) groups excluding carboxylic acids is 2. The molecule has 1 N–H and O–H groups in total. The molecule has 2 amide bonds. The average molecular weight is 620 g/mol. The molecule has 0 saturated carbocycles. The summed E-state index contributed by atoms with van der Waals surface area (Å²) < 4.78 is 27.2. The van der Waals surface area contributed by atoms with E-state index in [-0.39, 0.29) is 18.4 Å². The van der Waals surface area contributed by atoms with Crippen molar-refractivity contribution in [2.75, 3.05) is 23.7 Å². The minimum absolute atomic E-state index is 0.147. The number of halogens is 2. The number of nitrogens with one attached hydrogen (secondary N) is 1. The number of benzene rings is 2. The highest BCUT2D eigenvalue weighted by atomic mass is 127. The second-order valence-electron chi connectivity index (χ2n) is 8.46. The molecule has 0 saturated heterocycles. The molecule has 0 radical (unpaired) electrons. The molecule has 0 fully saturated rings. The molecular formula is C24H31ClIN3O4S. The third-order valence-corrected chi connectivity index (χ3v) is 7.24. The van der Waals surface area contributed by atoms with Crippen molar-refractivity contribution in [1.82, 2.24) is 10.2 Å². The molecule has 0 aromatic heterocycles. The van der Waals surface area contributed by atoms with Crippen LogP contribution in [-0.2, 0) is 26.2 Å². The Kier molecular flexibility index (Phi) is 10.6. The fourth-order valence-electron chi connectivity index (χ4n) is 3.35. The van der Waals surface area contributed by atoms with Crippen molar-refractivity contribution in [3.05, 3.63) is 62.7 Å². The van der Waals surface area contributed by atoms with Crippen LogP contribution in [0.15, 0.2) is 48.5 Å². The fourth-order valence-corrected chi connectivity index (χ4v) is 4.68. The number of hydrogen-bond acceptors (Lipinski definition) is 4. The van der Waals surface area contributed by atoms with Crippen LogP contribution in [0.1, 0.15) is 32.8 Å². The van der Waals surface area contributed by atoms with Gasteiger partial charge in [0.1, 0.15) is 12.6 Å². The predicted molar refractivity (Wildman–Crippen MR) is 145 cm³/mol. The summed E-state index contributed by atoms with van der Waals surface area (Å²) in [5.74, 6) is -0.479. The van der Waals surface area contributed by atoms with E-state index in [4.69, 9.17) is 11.6 Å². The number of carbonyl (C=O) groups is 2. The second kappa shape index (κ2) is 12.7. The predicted octanol–water partition coefficient (Wildman–Crippen LogP) is 4.29. The van der Waals surface area contributed by atoms with Crippen molar-refractivity contribution in [3.63, 3.8) is 0 Å². The van der Waals surface area contributed by atoms with Crippen molar-refractivity contribution in [3.8, 4) is 0 Å². The smallest absolute Gasteiger partial charge is 0.244 e. The molecular weight excluding hydrogens is 589 g/mol. The summed E-state index contributed by atoms with van der Waals surface area (Å²) in [4.78, 5) is 28.0. The van der Waals surface area contributed by atoms with E-state index < -0.39 is 28.5 Å². The molecule has 2 aromatic rings. The quantitative estimate of drug-likeness (QED) is 0.381. The number of amides is 2. The normalized spacial score (nSPS) is 12.3. The summed E-state index contributed by atoms with van der Waals surface area (Å²) in [6.45, 7) is 6.02. The fraction of sp³-hybridized carbons (Fsp3) is 0.417. The Hall–Kier alpha value is -1.85. The van der Waals surface area contributed by atoms with Gasteiger partial charge < -0.3 is 10.2 Å². The van der Waals surface area contributed by atoms with Gasteiger partial charge in [-0.1, -0.05) is 44.5 Å². The van der Waals surface area contributed by atoms with Crippen LogP contribution in [0.3, 0.4) is 0 Å². The number of hydrogen-bond donors (Lipinski definition) is 1. The molecule has 10 heteroatoms. The maximum absolute atomic E-state index is 13.6. The number of nitrogens with zero attached hydrogens (tertiary/aromatic N) is 2. The number of sulfonamides is 1. The van der Waals surface area contributed by atoms with Gasteiger partial charge in [0.25, 0.3) is 0 Å². The van der Waals surface area contributed by atoms with E-state index in [1.165, 1.54) is 4.90 Å². The van der Waals surface area contributed by atoms with Gasteiger partial charge in [-0.15, -0.1) is 0 Å². The first-order valence-corrected chi connectivity index (χ1v) is 14.3. The van der Waals surface area contributed by atoms with E-state index in [9.17, 15) is 18.0 Å². The molecule has 0 aliphatic rings. The molecule has 7 nitrogen and oxygen atoms in total. The molecule has 186 valence electrons. The Morgan fingerprint density at radius 2 is 1.65 bits per heavy atom. The monoisotopic (exact) mass is 619 g/mol. The van der Waals surface area contributed by atoms with Crippen LogP contribution in [0.25, 0.3) is 0 Å². The third kappa shape index (κ3) is 8.42. The Morgan fingerprint density at radius 1 is 1.06 bits per heavy atom. The highest BCUT2D eigenvalue weighted by molar-refractivity contribution is 14.1. The first kappa shape index (κ1) is 28.4. The largest absolute Gasteiger partial charge is 0.354 e. The van der Waals surface area contributed by atoms with Gasteiger partial charge in [0.2, 0.25) is 21.8 Å². The van der Waals surface area contributed by atoms with Crippen molar-refractivity contribution in [1.29, 1.82) is 0 Å². The molecule has 2 rings (SSSR count). The van der Waals surface area contributed by atoms with Gasteiger partial charge in [-0.05, 0) is 76.9 Å². The van der Waals surface area contributed by atoms with Gasteiger partial charge in [-0.3, -0.25) is 13.9 Å². The van der Waals surface area contributed by atoms with Crippen molar-refractivity contribution in [2.45, 2.75) is 39.8 Å². The van der Waals surface area contributed by atoms with E-state index in [2.05, 4.69) is 27.9 Å². The van der Waals surface area contributed by atoms with E-state index in [1.54, 1.807) is 48.5 Å². The van der Waals surface area contributed by atoms with Crippen LogP contribution in [-0.4, -0.2) is 50.5 Å². The van der Waals surface area contributed by atoms with Crippen molar-refractivity contribution >= 4 is 61.7 Å². The summed E-state index contributed by atoms with van der Waals surface area (Å²) in [6, 6.07) is 13.1. The van der Waals surface area contributed by atoms with E-state index in [0.29, 0.717) is 23.7 Å². The van der Waals surface area contributed by atoms with Crippen molar-refractivity contribution < 1.29 is 18.0 Å². The standard InChI is InChI=1S/C24H31ClIN3O4S/c1-5-22(24(31)27-14-17(2)3)28(15-18-6-8-19(25)9-7-18)23(30)16-29(34(4,32)33)21-12-10-20(26)11-13-21/h6-13,17,22H,5,14-16H2,1-4H3,(H,27,31)/t22-/m1/s1. The Bertz CT molecular complexity index is 1080. The average Bonchev–Trinajstić information content (AvgIpc) is 2.77. The van der Waals surface area contributed by atoms with Gasteiger partial charge in [0, 0.05) is 21.7 Å². The van der Waals surface area contributed by atoms with E-state index in [0.717, 1.165) is 19.7 Å². The summed E-state index contributed by atoms with van der Waals surface area (Å²) in [5, 5.41) is 3.46. The lowest BCUT2D eigenvalue weighted by molar-refractivity contribution is -0.140. The Labute approximate surface area is 221 Å². The van der Waals surface area contributed by atoms with Crippen LogP contribution in [0.2, 0.25) is 5.02 Å². The lowest BCUT2D eigenvalue weighted by Crippen LogP contribution is -2.52. The van der Waals surface area contributed by atoms with Gasteiger partial charge in [-0.2, -0.15) is 0 Å². The zero-order valence-electron chi connectivity index (χ0n) is 19.8. The highest BCUT2D eigenvalue weighted by Crippen LogP contribution is 2.21. The zero-order chi connectivity index (χ0) is 25.5. The van der Waals surface area contributed by atoms with Crippen LogP contribution < -0.4 is 9.62 Å². The summed E-state index contributed by atoms with van der Waals surface area (Å²) in [7, 11) is -3.75. The molecule has 0 aliphatic carbocycles. The zero-order valence-corrected chi connectivity index (χ0v) is 23.5. The Balaban J connectivity index is 2.39. The summed E-state index contributed by atoms with van der Waals surface area (Å²) >= 11 is 8.13. The van der Waals surface area contributed by atoms with Crippen LogP contribution in [0.4, 0.5) is 5.69 Å². The van der Waals surface area contributed by atoms with Gasteiger partial charge in [0.15, 0.2) is 0 Å². The van der Waals surface area contributed by atoms with Gasteiger partial charge in [-0.25, -0.2) is 8.42 Å². The van der Waals surface area contributed by atoms with Crippen molar-refractivity contribution in [2.24, 2.45) is 5.92 Å². The number of rotatable bonds is 11. The van der Waals surface area contributed by atoms with Crippen LogP contribution in [0, 0.1) is 9.49 Å². The third-order valence-electron chi connectivity index (χ3n) is 5.13. The van der Waals surface area contributed by atoms with Gasteiger partial charge >= 0.3 is 0 Å². The first-order valence-electron chi connectivity index (χ1n) is 11.0. The lowest BCUT2D eigenvalue weighted by atomic mass is 10.1. The topological polar surface area (TPSA) is 86.8 Å². The molecule has 0 bridgehead atoms. The maximum Gasteiger partial charge on any atom is 0.244 e. The van der Waals surface area contributed by atoms with Crippen LogP contribution in [0.5, 0.6) is 0 Å². The molecule has 0 aliphatic heterocycles. The van der Waals surface area contributed by atoms with E-state index in [1.807, 2.05) is 20.8 Å². The maximum atomic E-state index is 13.6. The second-order valence-corrected chi connectivity index (χ2v) is 12.0. The van der Waals surface area contributed by atoms with Gasteiger partial charge in [0.05, 0.1) is 11.9 Å². The molecule has 2 aromatic carbocycles. The minimum Gasteiger partial charge on any atom is -0.354 e. The Morgan fingerprint density at radius 3 is 2.15 bits per heavy atom. The highest BCUT2D eigenvalue weighted by Gasteiger charge is 2.31. The molecule has 0 unspecified atom stereocenters. The molecule has 34 heavy (non-hydrogen) atoms. The molecule has 1 atom stereocenters. The number of anilines is 1. The minimum atomic E-state index is -3.75. The first-order chi connectivity index (χ1) is 15.9.